The topological polar surface area (TPSA) is 92.5 Å². The van der Waals surface area contributed by atoms with Gasteiger partial charge in [-0.15, -0.1) is 0 Å². The van der Waals surface area contributed by atoms with Crippen molar-refractivity contribution in [3.05, 3.63) is 142 Å². The van der Waals surface area contributed by atoms with Crippen LogP contribution in [0.4, 0.5) is 10.5 Å². The second-order valence-corrected chi connectivity index (χ2v) is 10.9. The minimum Gasteiger partial charge on any atom is -0.514 e. The van der Waals surface area contributed by atoms with Gasteiger partial charge in [0.25, 0.3) is 11.8 Å². The van der Waals surface area contributed by atoms with Crippen molar-refractivity contribution in [2.24, 2.45) is 0 Å². The highest BCUT2D eigenvalue weighted by Gasteiger charge is 2.36. The molecule has 0 spiro atoms. The third kappa shape index (κ3) is 3.70. The molecule has 0 bridgehead atoms. The predicted molar refractivity (Wildman–Crippen MR) is 167 cm³/mol. The number of carbonyl (C=O) groups is 1. The summed E-state index contributed by atoms with van der Waals surface area (Å²) in [7, 11) is 0. The first-order valence-electron chi connectivity index (χ1n) is 14.0. The van der Waals surface area contributed by atoms with Crippen LogP contribution in [0, 0.1) is 10.1 Å². The highest BCUT2D eigenvalue weighted by molar-refractivity contribution is 6.25. The van der Waals surface area contributed by atoms with E-state index in [1.54, 1.807) is 0 Å². The molecule has 0 unspecified atom stereocenters. The van der Waals surface area contributed by atoms with E-state index in [2.05, 4.69) is 72.8 Å². The Labute approximate surface area is 245 Å². The average molecular weight is 561 g/mol. The van der Waals surface area contributed by atoms with E-state index in [0.29, 0.717) is 5.56 Å². The number of nitro groups is 1. The van der Waals surface area contributed by atoms with Gasteiger partial charge in [-0.1, -0.05) is 97.1 Å². The lowest BCUT2D eigenvalue weighted by atomic mass is 9.83. The molecule has 8 rings (SSSR count). The summed E-state index contributed by atoms with van der Waals surface area (Å²) in [6, 6.07) is 37.5. The second-order valence-electron chi connectivity index (χ2n) is 10.9. The van der Waals surface area contributed by atoms with Crippen LogP contribution in [0.15, 0.2) is 115 Å². The van der Waals surface area contributed by atoms with E-state index in [9.17, 15) is 20.0 Å². The highest BCUT2D eigenvalue weighted by Crippen LogP contribution is 2.57. The summed E-state index contributed by atoms with van der Waals surface area (Å²) in [6.45, 7) is 0. The molecule has 206 valence electrons. The van der Waals surface area contributed by atoms with Crippen LogP contribution in [0.3, 0.4) is 0 Å². The van der Waals surface area contributed by atoms with Crippen LogP contribution in [-0.2, 0) is 6.42 Å². The molecule has 1 aliphatic rings. The standard InChI is InChI=1S/C37H23NO5/c39-37(40)43-32-18-17-22(38(41)42)19-21(32)20-31-33-27-13-5-1-9-23(27)25-11-3-7-15-29(25)35(33)36-30-16-8-4-12-26(30)24-10-2-6-14-28(24)34(31)36/h1-19,31H,20H2,(H,39,40)/p-1. The van der Waals surface area contributed by atoms with Gasteiger partial charge >= 0.3 is 0 Å². The lowest BCUT2D eigenvalue weighted by molar-refractivity contribution is -0.385. The number of rotatable bonds is 4. The highest BCUT2D eigenvalue weighted by atomic mass is 16.7. The van der Waals surface area contributed by atoms with Gasteiger partial charge in [0.05, 0.1) is 10.7 Å². The maximum Gasteiger partial charge on any atom is 0.269 e. The molecule has 1 aliphatic carbocycles. The van der Waals surface area contributed by atoms with Crippen LogP contribution >= 0.6 is 0 Å². The Bertz CT molecular complexity index is 2200. The van der Waals surface area contributed by atoms with Crippen molar-refractivity contribution in [3.63, 3.8) is 0 Å². The van der Waals surface area contributed by atoms with Crippen LogP contribution < -0.4 is 9.84 Å². The minimum atomic E-state index is -1.71. The molecule has 0 heterocycles. The summed E-state index contributed by atoms with van der Waals surface area (Å²) >= 11 is 0. The molecule has 0 atom stereocenters. The van der Waals surface area contributed by atoms with Gasteiger partial charge in [-0.05, 0) is 83.4 Å². The first kappa shape index (κ1) is 25.0. The van der Waals surface area contributed by atoms with Crippen molar-refractivity contribution in [3.8, 4) is 16.9 Å². The molecule has 0 aromatic heterocycles. The van der Waals surface area contributed by atoms with E-state index < -0.39 is 11.1 Å². The fourth-order valence-electron chi connectivity index (χ4n) is 7.20. The maximum absolute atomic E-state index is 11.8. The Morgan fingerprint density at radius 1 is 0.628 bits per heavy atom. The number of hydrogen-bond acceptors (Lipinski definition) is 5. The fourth-order valence-corrected chi connectivity index (χ4v) is 7.20. The number of carboxylic acid groups (broad SMARTS) is 1. The van der Waals surface area contributed by atoms with Gasteiger partial charge in [0.15, 0.2) is 0 Å². The average Bonchev–Trinajstić information content (AvgIpc) is 3.37. The number of nitro benzene ring substituents is 1. The Kier molecular flexibility index (Phi) is 5.46. The number of carbonyl (C=O) groups excluding carboxylic acids is 1. The molecule has 6 nitrogen and oxygen atoms in total. The largest absolute Gasteiger partial charge is 0.514 e. The van der Waals surface area contributed by atoms with Gasteiger partial charge in [-0.3, -0.25) is 10.1 Å². The van der Waals surface area contributed by atoms with E-state index in [0.717, 1.165) is 65.3 Å². The van der Waals surface area contributed by atoms with E-state index in [-0.39, 0.29) is 23.8 Å². The monoisotopic (exact) mass is 560 g/mol. The van der Waals surface area contributed by atoms with Gasteiger partial charge in [0, 0.05) is 18.1 Å². The maximum atomic E-state index is 11.8. The Hall–Kier alpha value is -5.75. The summed E-state index contributed by atoms with van der Waals surface area (Å²) in [5, 5.41) is 32.3. The van der Waals surface area contributed by atoms with E-state index in [4.69, 9.17) is 4.74 Å². The van der Waals surface area contributed by atoms with Gasteiger partial charge in [-0.2, -0.15) is 0 Å². The number of non-ortho nitro benzene ring substituents is 1. The van der Waals surface area contributed by atoms with Crippen LogP contribution in [0.2, 0.25) is 0 Å². The molecule has 0 N–H and O–H groups in total. The summed E-state index contributed by atoms with van der Waals surface area (Å²) in [5.74, 6) is -0.212. The summed E-state index contributed by atoms with van der Waals surface area (Å²) in [6.07, 6.45) is -1.43. The normalized spacial score (nSPS) is 12.6. The molecule has 43 heavy (non-hydrogen) atoms. The molecule has 0 saturated carbocycles. The molecule has 0 fully saturated rings. The number of nitrogens with zero attached hydrogens (tertiary/aromatic N) is 1. The number of fused-ring (bicyclic) bond motifs is 13. The fraction of sp³-hybridized carbons (Fsp3) is 0.0541. The van der Waals surface area contributed by atoms with Crippen molar-refractivity contribution in [2.45, 2.75) is 12.3 Å². The van der Waals surface area contributed by atoms with E-state index in [1.807, 2.05) is 24.3 Å². The summed E-state index contributed by atoms with van der Waals surface area (Å²) in [4.78, 5) is 22.9. The molecular weight excluding hydrogens is 538 g/mol. The molecule has 7 aromatic rings. The smallest absolute Gasteiger partial charge is 0.269 e. The lowest BCUT2D eigenvalue weighted by Crippen LogP contribution is -2.27. The molecule has 0 aliphatic heterocycles. The number of hydrogen-bond donors (Lipinski definition) is 0. The van der Waals surface area contributed by atoms with Gasteiger partial charge < -0.3 is 14.6 Å². The Morgan fingerprint density at radius 2 is 1.05 bits per heavy atom. The molecule has 6 heteroatoms. The Balaban J connectivity index is 1.54. The minimum absolute atomic E-state index is 0.0378. The zero-order chi connectivity index (χ0) is 29.2. The number of benzene rings is 7. The summed E-state index contributed by atoms with van der Waals surface area (Å²) < 4.78 is 5.06. The zero-order valence-corrected chi connectivity index (χ0v) is 22.7. The molecular formula is C37H22NO5-. The predicted octanol–water partition coefficient (Wildman–Crippen LogP) is 8.28. The van der Waals surface area contributed by atoms with Crippen LogP contribution in [0.5, 0.6) is 5.75 Å². The molecule has 0 radical (unpaired) electrons. The third-order valence-corrected chi connectivity index (χ3v) is 8.77. The zero-order valence-electron chi connectivity index (χ0n) is 22.7. The van der Waals surface area contributed by atoms with Crippen molar-refractivity contribution in [1.29, 1.82) is 0 Å². The van der Waals surface area contributed by atoms with Crippen molar-refractivity contribution < 1.29 is 19.6 Å². The third-order valence-electron chi connectivity index (χ3n) is 8.77. The first-order chi connectivity index (χ1) is 21.0. The van der Waals surface area contributed by atoms with Gasteiger partial charge in [0.1, 0.15) is 0 Å². The number of ether oxygens (including phenoxy) is 1. The van der Waals surface area contributed by atoms with Gasteiger partial charge in [0.2, 0.25) is 0 Å². The molecule has 0 saturated heterocycles. The first-order valence-corrected chi connectivity index (χ1v) is 14.0. The molecule has 7 aromatic carbocycles. The van der Waals surface area contributed by atoms with E-state index >= 15 is 0 Å². The van der Waals surface area contributed by atoms with Crippen molar-refractivity contribution >= 4 is 54.9 Å². The lowest BCUT2D eigenvalue weighted by Gasteiger charge is -2.21. The quantitative estimate of drug-likeness (QED) is 0.0710. The van der Waals surface area contributed by atoms with Crippen molar-refractivity contribution in [2.75, 3.05) is 0 Å². The summed E-state index contributed by atoms with van der Waals surface area (Å²) in [5.41, 5.74) is 4.82. The van der Waals surface area contributed by atoms with Crippen LogP contribution in [0.1, 0.15) is 22.6 Å². The molecule has 0 amide bonds. The van der Waals surface area contributed by atoms with Crippen LogP contribution in [0.25, 0.3) is 54.2 Å². The second kappa shape index (κ2) is 9.39. The van der Waals surface area contributed by atoms with Crippen molar-refractivity contribution in [1.82, 2.24) is 0 Å². The Morgan fingerprint density at radius 3 is 1.49 bits per heavy atom. The van der Waals surface area contributed by atoms with Crippen LogP contribution in [-0.4, -0.2) is 11.1 Å². The SMILES string of the molecule is O=C([O-])Oc1ccc([N+](=O)[O-])cc1CC1c2c(c3ccccc3c3ccccc23)-c2c1c1ccccc1c1ccccc21. The van der Waals surface area contributed by atoms with E-state index in [1.165, 1.54) is 18.2 Å². The van der Waals surface area contributed by atoms with Gasteiger partial charge in [-0.25, -0.2) is 0 Å².